The summed E-state index contributed by atoms with van der Waals surface area (Å²) < 4.78 is 0. The molecule has 0 aliphatic carbocycles. The Bertz CT molecular complexity index is 645. The Morgan fingerprint density at radius 3 is 2.73 bits per heavy atom. The Balaban J connectivity index is 2.17. The van der Waals surface area contributed by atoms with Crippen LogP contribution in [-0.4, -0.2) is 41.9 Å². The van der Waals surface area contributed by atoms with Crippen molar-refractivity contribution in [3.05, 3.63) is 29.8 Å². The van der Waals surface area contributed by atoms with Crippen LogP contribution in [0.5, 0.6) is 0 Å². The third-order valence-electron chi connectivity index (χ3n) is 4.22. The van der Waals surface area contributed by atoms with E-state index in [2.05, 4.69) is 16.0 Å². The third-order valence-corrected chi connectivity index (χ3v) is 4.22. The highest BCUT2D eigenvalue weighted by molar-refractivity contribution is 6.04. The van der Waals surface area contributed by atoms with Gasteiger partial charge >= 0.3 is 6.03 Å². The molecule has 2 aliphatic rings. The zero-order chi connectivity index (χ0) is 15.9. The van der Waals surface area contributed by atoms with Crippen LogP contribution >= 0.6 is 0 Å². The number of hydrogen-bond acceptors (Lipinski definition) is 3. The van der Waals surface area contributed by atoms with Crippen LogP contribution in [0.3, 0.4) is 0 Å². The maximum absolute atomic E-state index is 12.6. The minimum absolute atomic E-state index is 0.274. The lowest BCUT2D eigenvalue weighted by atomic mass is 10.0. The van der Waals surface area contributed by atoms with Crippen molar-refractivity contribution in [2.24, 2.45) is 0 Å². The van der Waals surface area contributed by atoms with Gasteiger partial charge in [0.25, 0.3) is 0 Å². The van der Waals surface area contributed by atoms with Crippen LogP contribution in [-0.2, 0) is 9.59 Å². The maximum atomic E-state index is 12.6. The fourth-order valence-corrected chi connectivity index (χ4v) is 3.15. The molecule has 22 heavy (non-hydrogen) atoms. The minimum Gasteiger partial charge on any atom is -0.357 e. The summed E-state index contributed by atoms with van der Waals surface area (Å²) in [4.78, 5) is 38.7. The summed E-state index contributed by atoms with van der Waals surface area (Å²) in [6, 6.07) is 4.83. The van der Waals surface area contributed by atoms with Gasteiger partial charge in [0.15, 0.2) is 0 Å². The van der Waals surface area contributed by atoms with Gasteiger partial charge < -0.3 is 16.0 Å². The maximum Gasteiger partial charge on any atom is 0.319 e. The number of nitrogens with zero attached hydrogens (tertiary/aromatic N) is 1. The number of benzene rings is 1. The number of likely N-dealkylation sites (N-methyl/N-ethyl adjacent to an activating group) is 1. The van der Waals surface area contributed by atoms with Crippen LogP contribution in [0, 0.1) is 0 Å². The van der Waals surface area contributed by atoms with Crippen molar-refractivity contribution < 1.29 is 14.4 Å². The molecule has 1 saturated heterocycles. The van der Waals surface area contributed by atoms with Crippen molar-refractivity contribution in [3.63, 3.8) is 0 Å². The van der Waals surface area contributed by atoms with Crippen molar-refractivity contribution in [2.75, 3.05) is 12.4 Å². The van der Waals surface area contributed by atoms with Crippen molar-refractivity contribution in [1.82, 2.24) is 15.5 Å². The second-order valence-corrected chi connectivity index (χ2v) is 5.41. The van der Waals surface area contributed by atoms with Gasteiger partial charge in [-0.15, -0.1) is 0 Å². The summed E-state index contributed by atoms with van der Waals surface area (Å²) in [5.41, 5.74) is 1.18. The van der Waals surface area contributed by atoms with E-state index in [4.69, 9.17) is 0 Å². The normalized spacial score (nSPS) is 26.5. The Labute approximate surface area is 128 Å². The number of anilines is 1. The highest BCUT2D eigenvalue weighted by Crippen LogP contribution is 2.36. The topological polar surface area (TPSA) is 90.5 Å². The molecule has 7 nitrogen and oxygen atoms in total. The minimum atomic E-state index is -0.832. The van der Waals surface area contributed by atoms with Gasteiger partial charge in [-0.05, 0) is 12.5 Å². The molecule has 1 aromatic rings. The van der Waals surface area contributed by atoms with Gasteiger partial charge in [-0.3, -0.25) is 14.5 Å². The molecular weight excluding hydrogens is 284 g/mol. The largest absolute Gasteiger partial charge is 0.357 e. The second-order valence-electron chi connectivity index (χ2n) is 5.41. The molecule has 0 spiro atoms. The van der Waals surface area contributed by atoms with E-state index in [1.54, 1.807) is 24.3 Å². The molecule has 116 valence electrons. The SMILES string of the molecule is CC[C@@H]1NC(=O)N2C(C(=O)NC)c3ccccc3NC(=O)[C@H]12. The molecule has 4 amide bonds. The first kappa shape index (κ1) is 14.4. The summed E-state index contributed by atoms with van der Waals surface area (Å²) in [6.45, 7) is 1.90. The van der Waals surface area contributed by atoms with E-state index in [1.165, 1.54) is 11.9 Å². The number of para-hydroxylation sites is 1. The lowest BCUT2D eigenvalue weighted by molar-refractivity contribution is -0.127. The first-order chi connectivity index (χ1) is 10.6. The third kappa shape index (κ3) is 2.01. The highest BCUT2D eigenvalue weighted by Gasteiger charge is 2.50. The molecule has 3 rings (SSSR count). The molecule has 2 aliphatic heterocycles. The van der Waals surface area contributed by atoms with E-state index in [9.17, 15) is 14.4 Å². The molecule has 1 unspecified atom stereocenters. The summed E-state index contributed by atoms with van der Waals surface area (Å²) in [5, 5.41) is 8.21. The Morgan fingerprint density at radius 1 is 1.32 bits per heavy atom. The standard InChI is InChI=1S/C15H18N4O3/c1-3-9-12-14(21)17-10-7-5-4-6-8(10)11(13(20)16-2)19(12)15(22)18-9/h4-7,9,11-12H,3H2,1-2H3,(H,16,20)(H,17,21)(H,18,22)/t9-,11?,12-/m0/s1. The summed E-state index contributed by atoms with van der Waals surface area (Å²) in [5.74, 6) is -0.593. The van der Waals surface area contributed by atoms with E-state index in [0.717, 1.165) is 0 Å². The van der Waals surface area contributed by atoms with Gasteiger partial charge in [0.1, 0.15) is 12.1 Å². The lowest BCUT2D eigenvalue weighted by Gasteiger charge is -2.28. The van der Waals surface area contributed by atoms with Gasteiger partial charge in [-0.25, -0.2) is 4.79 Å². The van der Waals surface area contributed by atoms with Gasteiger partial charge in [0.05, 0.1) is 6.04 Å². The van der Waals surface area contributed by atoms with E-state index in [0.29, 0.717) is 17.7 Å². The molecule has 3 N–H and O–H groups in total. The number of fused-ring (bicyclic) bond motifs is 2. The number of amides is 4. The molecule has 0 radical (unpaired) electrons. The van der Waals surface area contributed by atoms with Crippen LogP contribution in [0.4, 0.5) is 10.5 Å². The zero-order valence-electron chi connectivity index (χ0n) is 12.4. The van der Waals surface area contributed by atoms with E-state index >= 15 is 0 Å². The summed E-state index contributed by atoms with van der Waals surface area (Å²) in [7, 11) is 1.52. The van der Waals surface area contributed by atoms with Gasteiger partial charge in [-0.2, -0.15) is 0 Å². The quantitative estimate of drug-likeness (QED) is 0.747. The van der Waals surface area contributed by atoms with Gasteiger partial charge in [0.2, 0.25) is 11.8 Å². The van der Waals surface area contributed by atoms with Crippen LogP contribution in [0.25, 0.3) is 0 Å². The van der Waals surface area contributed by atoms with Gasteiger partial charge in [0, 0.05) is 18.3 Å². The average molecular weight is 302 g/mol. The van der Waals surface area contributed by atoms with E-state index in [1.807, 2.05) is 6.92 Å². The highest BCUT2D eigenvalue weighted by atomic mass is 16.2. The fraction of sp³-hybridized carbons (Fsp3) is 0.400. The number of hydrogen-bond donors (Lipinski definition) is 3. The molecule has 7 heteroatoms. The molecular formula is C15H18N4O3. The first-order valence-corrected chi connectivity index (χ1v) is 7.28. The fourth-order valence-electron chi connectivity index (χ4n) is 3.15. The molecule has 3 atom stereocenters. The van der Waals surface area contributed by atoms with Crippen molar-refractivity contribution in [2.45, 2.75) is 31.5 Å². The van der Waals surface area contributed by atoms with Crippen LogP contribution in [0.15, 0.2) is 24.3 Å². The van der Waals surface area contributed by atoms with Crippen molar-refractivity contribution in [1.29, 1.82) is 0 Å². The van der Waals surface area contributed by atoms with Crippen LogP contribution in [0.2, 0.25) is 0 Å². The summed E-state index contributed by atoms with van der Waals surface area (Å²) >= 11 is 0. The zero-order valence-corrected chi connectivity index (χ0v) is 12.4. The number of rotatable bonds is 2. The lowest BCUT2D eigenvalue weighted by Crippen LogP contribution is -2.48. The number of carbonyl (C=O) groups excluding carboxylic acids is 3. The first-order valence-electron chi connectivity index (χ1n) is 7.28. The van der Waals surface area contributed by atoms with Crippen molar-refractivity contribution >= 4 is 23.5 Å². The van der Waals surface area contributed by atoms with Gasteiger partial charge in [-0.1, -0.05) is 25.1 Å². The molecule has 2 heterocycles. The Kier molecular flexibility index (Phi) is 3.48. The Morgan fingerprint density at radius 2 is 2.05 bits per heavy atom. The summed E-state index contributed by atoms with van der Waals surface area (Å²) in [6.07, 6.45) is 0.608. The predicted octanol–water partition coefficient (Wildman–Crippen LogP) is 0.598. The molecule has 0 bridgehead atoms. The molecule has 1 fully saturated rings. The predicted molar refractivity (Wildman–Crippen MR) is 80.1 cm³/mol. The Hall–Kier alpha value is -2.57. The molecule has 0 aromatic heterocycles. The van der Waals surface area contributed by atoms with Crippen LogP contribution < -0.4 is 16.0 Å². The number of carbonyl (C=O) groups is 3. The number of nitrogens with one attached hydrogen (secondary N) is 3. The van der Waals surface area contributed by atoms with Crippen LogP contribution in [0.1, 0.15) is 24.9 Å². The average Bonchev–Trinajstić information content (AvgIpc) is 2.78. The molecule has 0 saturated carbocycles. The smallest absolute Gasteiger partial charge is 0.319 e. The monoisotopic (exact) mass is 302 g/mol. The molecule has 1 aromatic carbocycles. The van der Waals surface area contributed by atoms with Crippen molar-refractivity contribution in [3.8, 4) is 0 Å². The van der Waals surface area contributed by atoms with E-state index < -0.39 is 18.1 Å². The van der Waals surface area contributed by atoms with E-state index in [-0.39, 0.29) is 17.9 Å². The second kappa shape index (κ2) is 5.32. The number of urea groups is 1.